The maximum atomic E-state index is 13.3. The smallest absolute Gasteiger partial charge is 0.405 e. The Labute approximate surface area is 227 Å². The van der Waals surface area contributed by atoms with Crippen molar-refractivity contribution in [3.63, 3.8) is 0 Å². The van der Waals surface area contributed by atoms with Crippen molar-refractivity contribution in [2.45, 2.75) is 65.0 Å². The van der Waals surface area contributed by atoms with Gasteiger partial charge < -0.3 is 20.3 Å². The molecule has 0 aliphatic carbocycles. The predicted molar refractivity (Wildman–Crippen MR) is 148 cm³/mol. The molecular formula is C29H35N5O5. The summed E-state index contributed by atoms with van der Waals surface area (Å²) < 4.78 is 0. The Morgan fingerprint density at radius 3 is 2.56 bits per heavy atom. The van der Waals surface area contributed by atoms with Gasteiger partial charge in [0.05, 0.1) is 28.4 Å². The molecule has 206 valence electrons. The number of imidazole rings is 1. The van der Waals surface area contributed by atoms with Crippen LogP contribution in [0.2, 0.25) is 0 Å². The highest BCUT2D eigenvalue weighted by molar-refractivity contribution is 5.86. The van der Waals surface area contributed by atoms with Gasteiger partial charge in [0.25, 0.3) is 5.69 Å². The van der Waals surface area contributed by atoms with Gasteiger partial charge in [0.15, 0.2) is 0 Å². The van der Waals surface area contributed by atoms with Crippen molar-refractivity contribution in [2.75, 3.05) is 6.54 Å². The van der Waals surface area contributed by atoms with Gasteiger partial charge in [-0.15, -0.1) is 0 Å². The number of rotatable bonds is 7. The molecule has 2 aromatic carbocycles. The number of H-pyrrole nitrogens is 1. The molecule has 1 aromatic heterocycles. The van der Waals surface area contributed by atoms with Gasteiger partial charge in [-0.25, -0.2) is 9.78 Å². The van der Waals surface area contributed by atoms with Crippen LogP contribution in [0.1, 0.15) is 64.9 Å². The van der Waals surface area contributed by atoms with Crippen LogP contribution >= 0.6 is 0 Å². The van der Waals surface area contributed by atoms with E-state index in [4.69, 9.17) is 0 Å². The highest BCUT2D eigenvalue weighted by Crippen LogP contribution is 2.37. The summed E-state index contributed by atoms with van der Waals surface area (Å²) in [6, 6.07) is 11.6. The molecule has 0 bridgehead atoms. The van der Waals surface area contributed by atoms with E-state index in [9.17, 15) is 24.8 Å². The second-order valence-corrected chi connectivity index (χ2v) is 11.4. The van der Waals surface area contributed by atoms with Gasteiger partial charge in [-0.05, 0) is 47.4 Å². The molecule has 2 heterocycles. The third-order valence-corrected chi connectivity index (χ3v) is 7.20. The minimum Gasteiger partial charge on any atom is -0.465 e. The Morgan fingerprint density at radius 1 is 1.18 bits per heavy atom. The number of nitro benzene ring substituents is 1. The number of nitrogens with zero attached hydrogens (tertiary/aromatic N) is 3. The Hall–Kier alpha value is -4.21. The standard InChI is InChI=1S/C29H35N5O5/c1-17(2)25(32-28(36)37)27(35)33-13-7-10-24(33)26-30-16-22(31-26)19-11-12-23(34(38)39)21(15-19)18-8-6-9-20(14-18)29(3,4)5/h6,8-9,11-12,14-17,24-25,32H,7,10,13H2,1-5H3,(H,30,31)(H,36,37)/t24-,25-/m0/s1. The Balaban J connectivity index is 1.67. The van der Waals surface area contributed by atoms with E-state index in [1.165, 1.54) is 6.07 Å². The molecule has 2 amide bonds. The first-order chi connectivity index (χ1) is 18.4. The van der Waals surface area contributed by atoms with Gasteiger partial charge >= 0.3 is 6.09 Å². The van der Waals surface area contributed by atoms with Crippen LogP contribution in [-0.2, 0) is 10.2 Å². The normalized spacial score (nSPS) is 16.4. The van der Waals surface area contributed by atoms with E-state index >= 15 is 0 Å². The number of carbonyl (C=O) groups excluding carboxylic acids is 1. The van der Waals surface area contributed by atoms with Crippen LogP contribution < -0.4 is 5.32 Å². The lowest BCUT2D eigenvalue weighted by Gasteiger charge is -2.29. The average molecular weight is 534 g/mol. The van der Waals surface area contributed by atoms with Crippen molar-refractivity contribution < 1.29 is 19.6 Å². The summed E-state index contributed by atoms with van der Waals surface area (Å²) in [7, 11) is 0. The van der Waals surface area contributed by atoms with Gasteiger partial charge in [-0.1, -0.05) is 58.9 Å². The first-order valence-electron chi connectivity index (χ1n) is 13.1. The molecule has 1 aliphatic rings. The highest BCUT2D eigenvalue weighted by atomic mass is 16.6. The number of hydrogen-bond donors (Lipinski definition) is 3. The van der Waals surface area contributed by atoms with Gasteiger partial charge in [-0.3, -0.25) is 14.9 Å². The maximum Gasteiger partial charge on any atom is 0.405 e. The lowest BCUT2D eigenvalue weighted by molar-refractivity contribution is -0.384. The number of carboxylic acid groups (broad SMARTS) is 1. The molecule has 1 aliphatic heterocycles. The Kier molecular flexibility index (Phi) is 7.76. The van der Waals surface area contributed by atoms with E-state index in [2.05, 4.69) is 36.1 Å². The van der Waals surface area contributed by atoms with E-state index in [1.807, 2.05) is 24.3 Å². The summed E-state index contributed by atoms with van der Waals surface area (Å²) in [5.74, 6) is 0.116. The van der Waals surface area contributed by atoms with Crippen molar-refractivity contribution in [2.24, 2.45) is 5.92 Å². The van der Waals surface area contributed by atoms with Crippen LogP contribution in [0.5, 0.6) is 0 Å². The first-order valence-corrected chi connectivity index (χ1v) is 13.1. The molecule has 10 heteroatoms. The molecule has 3 N–H and O–H groups in total. The third kappa shape index (κ3) is 5.94. The molecule has 3 aromatic rings. The van der Waals surface area contributed by atoms with Crippen molar-refractivity contribution in [1.82, 2.24) is 20.2 Å². The summed E-state index contributed by atoms with van der Waals surface area (Å²) >= 11 is 0. The van der Waals surface area contributed by atoms with Crippen molar-refractivity contribution in [3.8, 4) is 22.4 Å². The second kappa shape index (κ2) is 10.9. The zero-order chi connectivity index (χ0) is 28.5. The number of aromatic nitrogens is 2. The van der Waals surface area contributed by atoms with Crippen molar-refractivity contribution in [1.29, 1.82) is 0 Å². The molecule has 1 fully saturated rings. The number of nitro groups is 1. The highest BCUT2D eigenvalue weighted by Gasteiger charge is 2.37. The van der Waals surface area contributed by atoms with Crippen molar-refractivity contribution >= 4 is 17.7 Å². The minimum absolute atomic E-state index is 0.0165. The lowest BCUT2D eigenvalue weighted by Crippen LogP contribution is -2.50. The largest absolute Gasteiger partial charge is 0.465 e. The van der Waals surface area contributed by atoms with E-state index in [1.54, 1.807) is 37.1 Å². The SMILES string of the molecule is CC(C)[C@H](NC(=O)O)C(=O)N1CCC[C@H]1c1ncc(-c2ccc([N+](=O)[O-])c(-c3cccc(C(C)(C)C)c3)c2)[nH]1. The summed E-state index contributed by atoms with van der Waals surface area (Å²) in [5, 5.41) is 23.4. The average Bonchev–Trinajstić information content (AvgIpc) is 3.56. The van der Waals surface area contributed by atoms with Gasteiger partial charge in [0, 0.05) is 18.2 Å². The first kappa shape index (κ1) is 27.8. The molecule has 0 unspecified atom stereocenters. The van der Waals surface area contributed by atoms with E-state index < -0.39 is 12.1 Å². The predicted octanol–water partition coefficient (Wildman–Crippen LogP) is 5.91. The second-order valence-electron chi connectivity index (χ2n) is 11.4. The van der Waals surface area contributed by atoms with Crippen LogP contribution in [0, 0.1) is 16.0 Å². The number of amides is 2. The van der Waals surface area contributed by atoms with Crippen LogP contribution in [0.25, 0.3) is 22.4 Å². The molecule has 4 rings (SSSR count). The molecule has 10 nitrogen and oxygen atoms in total. The number of carbonyl (C=O) groups is 2. The quantitative estimate of drug-likeness (QED) is 0.255. The van der Waals surface area contributed by atoms with Crippen LogP contribution in [-0.4, -0.2) is 49.5 Å². The third-order valence-electron chi connectivity index (χ3n) is 7.20. The molecular weight excluding hydrogens is 498 g/mol. The van der Waals surface area contributed by atoms with Crippen LogP contribution in [0.15, 0.2) is 48.7 Å². The number of benzene rings is 2. The Morgan fingerprint density at radius 2 is 1.92 bits per heavy atom. The number of aromatic amines is 1. The molecule has 0 saturated carbocycles. The van der Waals surface area contributed by atoms with Gasteiger partial charge in [-0.2, -0.15) is 0 Å². The maximum absolute atomic E-state index is 13.3. The van der Waals surface area contributed by atoms with Gasteiger partial charge in [0.1, 0.15) is 11.9 Å². The number of nitrogens with one attached hydrogen (secondary N) is 2. The van der Waals surface area contributed by atoms with E-state index in [0.29, 0.717) is 30.0 Å². The Bertz CT molecular complexity index is 1390. The monoisotopic (exact) mass is 533 g/mol. The summed E-state index contributed by atoms with van der Waals surface area (Å²) in [6.45, 7) is 10.4. The molecule has 2 atom stereocenters. The van der Waals surface area contributed by atoms with Crippen LogP contribution in [0.3, 0.4) is 0 Å². The zero-order valence-corrected chi connectivity index (χ0v) is 22.9. The summed E-state index contributed by atoms with van der Waals surface area (Å²) in [5.41, 5.74) is 3.66. The zero-order valence-electron chi connectivity index (χ0n) is 22.9. The molecule has 39 heavy (non-hydrogen) atoms. The van der Waals surface area contributed by atoms with Crippen molar-refractivity contribution in [3.05, 3.63) is 70.2 Å². The van der Waals surface area contributed by atoms with E-state index in [0.717, 1.165) is 23.1 Å². The molecule has 0 radical (unpaired) electrons. The fourth-order valence-corrected chi connectivity index (χ4v) is 5.04. The molecule has 0 spiro atoms. The van der Waals surface area contributed by atoms with E-state index in [-0.39, 0.29) is 33.9 Å². The summed E-state index contributed by atoms with van der Waals surface area (Å²) in [4.78, 5) is 45.6. The topological polar surface area (TPSA) is 141 Å². The fourth-order valence-electron chi connectivity index (χ4n) is 5.04. The number of hydrogen-bond acceptors (Lipinski definition) is 5. The molecule has 1 saturated heterocycles. The van der Waals surface area contributed by atoms with Gasteiger partial charge in [0.2, 0.25) is 5.91 Å². The minimum atomic E-state index is -1.24. The summed E-state index contributed by atoms with van der Waals surface area (Å²) in [6.07, 6.45) is 1.90. The lowest BCUT2D eigenvalue weighted by atomic mass is 9.85. The fraction of sp³-hybridized carbons (Fsp3) is 0.414. The number of likely N-dealkylation sites (tertiary alicyclic amines) is 1. The van der Waals surface area contributed by atoms with Crippen LogP contribution in [0.4, 0.5) is 10.5 Å².